The molecule has 2 atom stereocenters. The molecule has 0 aliphatic heterocycles. The van der Waals surface area contributed by atoms with Crippen LogP contribution in [0.5, 0.6) is 0 Å². The van der Waals surface area contributed by atoms with E-state index in [0.29, 0.717) is 0 Å². The van der Waals surface area contributed by atoms with Gasteiger partial charge in [0.05, 0.1) is 0 Å². The predicted octanol–water partition coefficient (Wildman–Crippen LogP) is -0.699. The molecule has 0 bridgehead atoms. The van der Waals surface area contributed by atoms with Crippen molar-refractivity contribution in [3.05, 3.63) is 0 Å². The van der Waals surface area contributed by atoms with E-state index < -0.39 is 24.1 Å². The van der Waals surface area contributed by atoms with Gasteiger partial charge in [-0.25, -0.2) is 9.59 Å². The zero-order valence-corrected chi connectivity index (χ0v) is 6.27. The molecule has 0 aromatic rings. The first-order valence-electron chi connectivity index (χ1n) is 3.06. The molecular formula is C6H11NaO5. The molecule has 0 saturated carbocycles. The first kappa shape index (κ1) is 14.4. The third-order valence-corrected chi connectivity index (χ3v) is 1.10. The fraction of sp³-hybridized carbons (Fsp3) is 0.667. The van der Waals surface area contributed by atoms with E-state index >= 15 is 0 Å². The molecule has 5 nitrogen and oxygen atoms in total. The average Bonchev–Trinajstić information content (AvgIpc) is 1.87. The van der Waals surface area contributed by atoms with Gasteiger partial charge in [-0.2, -0.15) is 0 Å². The monoisotopic (exact) mass is 186 g/mol. The molecule has 6 heteroatoms. The minimum absolute atomic E-state index is 0. The summed E-state index contributed by atoms with van der Waals surface area (Å²) in [6.07, 6.45) is -2.16. The van der Waals surface area contributed by atoms with Gasteiger partial charge in [-0.1, -0.05) is 0 Å². The average molecular weight is 186 g/mol. The number of carboxylic acids is 2. The van der Waals surface area contributed by atoms with Crippen LogP contribution in [-0.4, -0.2) is 63.9 Å². The number of rotatable bonds is 4. The number of hydrogen-bond acceptors (Lipinski definition) is 3. The van der Waals surface area contributed by atoms with Crippen molar-refractivity contribution in [3.8, 4) is 0 Å². The number of ether oxygens (including phenoxy) is 1. The number of hydrogen-bond donors (Lipinski definition) is 2. The van der Waals surface area contributed by atoms with Crippen molar-refractivity contribution in [1.29, 1.82) is 0 Å². The van der Waals surface area contributed by atoms with E-state index in [4.69, 9.17) is 10.2 Å². The second kappa shape index (κ2) is 6.42. The normalized spacial score (nSPS) is 14.2. The zero-order valence-electron chi connectivity index (χ0n) is 6.27. The minimum atomic E-state index is -1.17. The van der Waals surface area contributed by atoms with E-state index in [1.807, 2.05) is 0 Å². The van der Waals surface area contributed by atoms with E-state index in [1.54, 1.807) is 0 Å². The van der Waals surface area contributed by atoms with Gasteiger partial charge >= 0.3 is 41.5 Å². The summed E-state index contributed by atoms with van der Waals surface area (Å²) in [7, 11) is 0. The maximum absolute atomic E-state index is 10.1. The van der Waals surface area contributed by atoms with Gasteiger partial charge in [0.25, 0.3) is 0 Å². The molecule has 0 aliphatic carbocycles. The van der Waals surface area contributed by atoms with Crippen molar-refractivity contribution in [2.24, 2.45) is 0 Å². The molecular weight excluding hydrogens is 175 g/mol. The van der Waals surface area contributed by atoms with Crippen LogP contribution in [0.1, 0.15) is 13.8 Å². The summed E-state index contributed by atoms with van der Waals surface area (Å²) in [5, 5.41) is 16.6. The fourth-order valence-electron chi connectivity index (χ4n) is 0.423. The Labute approximate surface area is 92.0 Å². The molecule has 66 valence electrons. The molecule has 0 saturated heterocycles. The fourth-order valence-corrected chi connectivity index (χ4v) is 0.423. The first-order valence-corrected chi connectivity index (χ1v) is 3.06. The Kier molecular flexibility index (Phi) is 7.72. The van der Waals surface area contributed by atoms with Crippen LogP contribution in [0.3, 0.4) is 0 Å². The van der Waals surface area contributed by atoms with Crippen LogP contribution in [-0.2, 0) is 14.3 Å². The molecule has 12 heavy (non-hydrogen) atoms. The van der Waals surface area contributed by atoms with Crippen molar-refractivity contribution in [2.75, 3.05) is 0 Å². The van der Waals surface area contributed by atoms with Crippen molar-refractivity contribution in [3.63, 3.8) is 0 Å². The Morgan fingerprint density at radius 2 is 1.33 bits per heavy atom. The molecule has 0 radical (unpaired) electrons. The van der Waals surface area contributed by atoms with E-state index in [2.05, 4.69) is 4.74 Å². The van der Waals surface area contributed by atoms with Gasteiger partial charge in [-0.05, 0) is 13.8 Å². The summed E-state index contributed by atoms with van der Waals surface area (Å²) in [5.74, 6) is -2.34. The van der Waals surface area contributed by atoms with Crippen LogP contribution in [0.15, 0.2) is 0 Å². The summed E-state index contributed by atoms with van der Waals surface area (Å²) in [5.41, 5.74) is 0. The SMILES string of the molecule is CC(OC(C)C(=O)O)C(=O)O.[NaH]. The first-order chi connectivity index (χ1) is 4.95. The summed E-state index contributed by atoms with van der Waals surface area (Å²) < 4.78 is 4.57. The molecule has 2 N–H and O–H groups in total. The predicted molar refractivity (Wildman–Crippen MR) is 42.4 cm³/mol. The van der Waals surface area contributed by atoms with E-state index in [0.717, 1.165) is 0 Å². The third-order valence-electron chi connectivity index (χ3n) is 1.10. The molecule has 0 aromatic carbocycles. The van der Waals surface area contributed by atoms with Crippen LogP contribution in [0, 0.1) is 0 Å². The molecule has 0 rings (SSSR count). The van der Waals surface area contributed by atoms with Crippen molar-refractivity contribution < 1.29 is 24.5 Å². The van der Waals surface area contributed by atoms with Crippen molar-refractivity contribution in [1.82, 2.24) is 0 Å². The van der Waals surface area contributed by atoms with Gasteiger partial charge in [0, 0.05) is 0 Å². The molecule has 0 heterocycles. The number of carboxylic acid groups (broad SMARTS) is 2. The summed E-state index contributed by atoms with van der Waals surface area (Å²) in [4.78, 5) is 20.3. The Morgan fingerprint density at radius 1 is 1.08 bits per heavy atom. The van der Waals surface area contributed by atoms with Gasteiger partial charge in [0.15, 0.2) is 12.2 Å². The second-order valence-electron chi connectivity index (χ2n) is 2.10. The zero-order chi connectivity index (χ0) is 9.02. The maximum atomic E-state index is 10.1. The molecule has 0 aromatic heterocycles. The topological polar surface area (TPSA) is 83.8 Å². The Bertz CT molecular complexity index is 151. The van der Waals surface area contributed by atoms with Crippen LogP contribution >= 0.6 is 0 Å². The van der Waals surface area contributed by atoms with Crippen molar-refractivity contribution in [2.45, 2.75) is 26.1 Å². The summed E-state index contributed by atoms with van der Waals surface area (Å²) >= 11 is 0. The van der Waals surface area contributed by atoms with Gasteiger partial charge in [0.1, 0.15) is 0 Å². The van der Waals surface area contributed by atoms with Crippen LogP contribution in [0.2, 0.25) is 0 Å². The van der Waals surface area contributed by atoms with Crippen LogP contribution < -0.4 is 0 Å². The van der Waals surface area contributed by atoms with E-state index in [1.165, 1.54) is 13.8 Å². The van der Waals surface area contributed by atoms with E-state index in [-0.39, 0.29) is 29.6 Å². The number of aliphatic carboxylic acids is 2. The molecule has 0 amide bonds. The van der Waals surface area contributed by atoms with Gasteiger partial charge in [-0.3, -0.25) is 0 Å². The van der Waals surface area contributed by atoms with Crippen molar-refractivity contribution >= 4 is 41.5 Å². The molecule has 0 fully saturated rings. The van der Waals surface area contributed by atoms with Gasteiger partial charge in [-0.15, -0.1) is 0 Å². The number of carbonyl (C=O) groups is 2. The quantitative estimate of drug-likeness (QED) is 0.567. The van der Waals surface area contributed by atoms with Crippen LogP contribution in [0.4, 0.5) is 0 Å². The van der Waals surface area contributed by atoms with E-state index in [9.17, 15) is 9.59 Å². The van der Waals surface area contributed by atoms with Gasteiger partial charge in [0.2, 0.25) is 0 Å². The third kappa shape index (κ3) is 5.54. The Balaban J connectivity index is 0. The Morgan fingerprint density at radius 3 is 1.50 bits per heavy atom. The summed E-state index contributed by atoms with van der Waals surface area (Å²) in [6, 6.07) is 0. The second-order valence-corrected chi connectivity index (χ2v) is 2.10. The Hall–Kier alpha value is -0.100. The standard InChI is InChI=1S/C6H10O5.Na.H/c1-3(5(7)8)11-4(2)6(9)10;;/h3-4H,1-2H3,(H,7,8)(H,9,10);;. The van der Waals surface area contributed by atoms with Crippen LogP contribution in [0.25, 0.3) is 0 Å². The molecule has 0 aliphatic rings. The molecule has 2 unspecified atom stereocenters. The molecule has 0 spiro atoms. The van der Waals surface area contributed by atoms with Gasteiger partial charge < -0.3 is 14.9 Å². The summed E-state index contributed by atoms with van der Waals surface area (Å²) in [6.45, 7) is 2.56.